The first-order valence-electron chi connectivity index (χ1n) is 4.87. The minimum absolute atomic E-state index is 0.309. The Morgan fingerprint density at radius 2 is 2.36 bits per heavy atom. The highest BCUT2D eigenvalue weighted by Gasteiger charge is 2.39. The number of hydrogen-bond acceptors (Lipinski definition) is 4. The van der Waals surface area contributed by atoms with Gasteiger partial charge in [0, 0.05) is 6.42 Å². The molecule has 1 aliphatic rings. The summed E-state index contributed by atoms with van der Waals surface area (Å²) in [4.78, 5) is 11.5. The van der Waals surface area contributed by atoms with E-state index in [2.05, 4.69) is 0 Å². The number of hydroxylamine groups is 2. The quantitative estimate of drug-likeness (QED) is 0.649. The fraction of sp³-hybridized carbons (Fsp3) is 0.700. The van der Waals surface area contributed by atoms with Crippen molar-refractivity contribution in [3.63, 3.8) is 0 Å². The van der Waals surface area contributed by atoms with Crippen molar-refractivity contribution in [3.05, 3.63) is 17.0 Å². The van der Waals surface area contributed by atoms with Gasteiger partial charge in [0.15, 0.2) is 0 Å². The SMILES string of the molecule is CCOC(=O)C1(C)CC(CC)=CN1[O-]. The number of rotatable bonds is 3. The molecular formula is C10H16NO3-. The summed E-state index contributed by atoms with van der Waals surface area (Å²) in [6.45, 7) is 5.64. The lowest BCUT2D eigenvalue weighted by molar-refractivity contribution is -0.153. The van der Waals surface area contributed by atoms with Crippen LogP contribution >= 0.6 is 0 Å². The van der Waals surface area contributed by atoms with Gasteiger partial charge < -0.3 is 15.0 Å². The van der Waals surface area contributed by atoms with Crippen LogP contribution in [0.15, 0.2) is 11.8 Å². The van der Waals surface area contributed by atoms with E-state index in [0.29, 0.717) is 18.1 Å². The molecule has 1 aliphatic heterocycles. The third-order valence-electron chi connectivity index (χ3n) is 2.53. The van der Waals surface area contributed by atoms with E-state index in [1.54, 1.807) is 13.8 Å². The number of esters is 1. The first kappa shape index (κ1) is 11.0. The second kappa shape index (κ2) is 4.00. The van der Waals surface area contributed by atoms with Crippen LogP contribution in [0.4, 0.5) is 0 Å². The zero-order valence-corrected chi connectivity index (χ0v) is 8.87. The normalized spacial score (nSPS) is 26.3. The molecular weight excluding hydrogens is 182 g/mol. The average Bonchev–Trinajstić information content (AvgIpc) is 2.44. The zero-order valence-electron chi connectivity index (χ0n) is 8.87. The van der Waals surface area contributed by atoms with E-state index < -0.39 is 11.5 Å². The average molecular weight is 198 g/mol. The lowest BCUT2D eigenvalue weighted by Gasteiger charge is -2.38. The van der Waals surface area contributed by atoms with E-state index in [0.717, 1.165) is 12.0 Å². The van der Waals surface area contributed by atoms with Crippen LogP contribution in [0.5, 0.6) is 0 Å². The summed E-state index contributed by atoms with van der Waals surface area (Å²) in [6.07, 6.45) is 2.77. The van der Waals surface area contributed by atoms with Crippen LogP contribution in [0.3, 0.4) is 0 Å². The molecule has 0 aromatic rings. The molecule has 0 aromatic heterocycles. The molecule has 0 N–H and O–H groups in total. The molecule has 0 fully saturated rings. The van der Waals surface area contributed by atoms with Gasteiger partial charge in [-0.2, -0.15) is 0 Å². The Hall–Kier alpha value is -1.03. The van der Waals surface area contributed by atoms with Gasteiger partial charge in [0.05, 0.1) is 6.61 Å². The zero-order chi connectivity index (χ0) is 10.8. The van der Waals surface area contributed by atoms with Gasteiger partial charge in [0.2, 0.25) is 0 Å². The standard InChI is InChI=1S/C10H16NO3/c1-4-8-6-10(3,11(13)7-8)9(12)14-5-2/h7H,4-6H2,1-3H3/q-1. The van der Waals surface area contributed by atoms with Crippen molar-refractivity contribution in [2.45, 2.75) is 39.2 Å². The number of carbonyl (C=O) groups excluding carboxylic acids is 1. The molecule has 1 rings (SSSR count). The summed E-state index contributed by atoms with van der Waals surface area (Å²) < 4.78 is 4.88. The van der Waals surface area contributed by atoms with Crippen molar-refractivity contribution in [2.24, 2.45) is 0 Å². The number of carbonyl (C=O) groups is 1. The summed E-state index contributed by atoms with van der Waals surface area (Å²) in [6, 6.07) is 0. The fourth-order valence-electron chi connectivity index (χ4n) is 1.54. The van der Waals surface area contributed by atoms with Gasteiger partial charge in [0.1, 0.15) is 5.54 Å². The van der Waals surface area contributed by atoms with E-state index >= 15 is 0 Å². The Bertz CT molecular complexity index is 262. The maximum absolute atomic E-state index is 11.5. The van der Waals surface area contributed by atoms with Crippen molar-refractivity contribution in [1.29, 1.82) is 0 Å². The van der Waals surface area contributed by atoms with Gasteiger partial charge in [-0.1, -0.05) is 12.5 Å². The largest absolute Gasteiger partial charge is 0.758 e. The highest BCUT2D eigenvalue weighted by atomic mass is 16.6. The molecule has 0 saturated heterocycles. The van der Waals surface area contributed by atoms with Crippen LogP contribution in [0.1, 0.15) is 33.6 Å². The minimum atomic E-state index is -1.04. The first-order chi connectivity index (χ1) is 6.54. The van der Waals surface area contributed by atoms with Crippen LogP contribution < -0.4 is 0 Å². The summed E-state index contributed by atoms with van der Waals surface area (Å²) in [7, 11) is 0. The topological polar surface area (TPSA) is 52.6 Å². The molecule has 1 unspecified atom stereocenters. The van der Waals surface area contributed by atoms with Gasteiger partial charge in [-0.3, -0.25) is 0 Å². The predicted molar refractivity (Wildman–Crippen MR) is 53.2 cm³/mol. The van der Waals surface area contributed by atoms with Crippen molar-refractivity contribution in [1.82, 2.24) is 5.06 Å². The lowest BCUT2D eigenvalue weighted by Crippen LogP contribution is -2.45. The monoisotopic (exact) mass is 198 g/mol. The molecule has 0 radical (unpaired) electrons. The Morgan fingerprint density at radius 3 is 2.79 bits per heavy atom. The Kier molecular flexibility index (Phi) is 3.16. The van der Waals surface area contributed by atoms with Crippen LogP contribution in [-0.2, 0) is 9.53 Å². The molecule has 0 spiro atoms. The number of nitrogens with zero attached hydrogens (tertiary/aromatic N) is 1. The molecule has 0 aromatic carbocycles. The van der Waals surface area contributed by atoms with Gasteiger partial charge in [-0.05, 0) is 26.5 Å². The van der Waals surface area contributed by atoms with Gasteiger partial charge >= 0.3 is 5.97 Å². The van der Waals surface area contributed by atoms with Gasteiger partial charge in [-0.15, -0.1) is 0 Å². The second-order valence-corrected chi connectivity index (χ2v) is 3.64. The Labute approximate surface area is 84.1 Å². The van der Waals surface area contributed by atoms with Gasteiger partial charge in [-0.25, -0.2) is 4.79 Å². The van der Waals surface area contributed by atoms with E-state index in [-0.39, 0.29) is 0 Å². The van der Waals surface area contributed by atoms with Gasteiger partial charge in [0.25, 0.3) is 0 Å². The molecule has 4 nitrogen and oxygen atoms in total. The summed E-state index contributed by atoms with van der Waals surface area (Å²) >= 11 is 0. The molecule has 0 aliphatic carbocycles. The maximum Gasteiger partial charge on any atom is 0.331 e. The van der Waals surface area contributed by atoms with E-state index in [1.807, 2.05) is 6.92 Å². The Balaban J connectivity index is 2.74. The summed E-state index contributed by atoms with van der Waals surface area (Å²) in [5.74, 6) is -0.435. The highest BCUT2D eigenvalue weighted by Crippen LogP contribution is 2.33. The summed E-state index contributed by atoms with van der Waals surface area (Å²) in [5, 5.41) is 12.2. The van der Waals surface area contributed by atoms with Crippen LogP contribution in [0, 0.1) is 5.21 Å². The van der Waals surface area contributed by atoms with Crippen LogP contribution in [0.25, 0.3) is 0 Å². The number of ether oxygens (including phenoxy) is 1. The summed E-state index contributed by atoms with van der Waals surface area (Å²) in [5.41, 5.74) is -0.0444. The van der Waals surface area contributed by atoms with E-state index in [9.17, 15) is 10.0 Å². The molecule has 80 valence electrons. The second-order valence-electron chi connectivity index (χ2n) is 3.64. The molecule has 1 atom stereocenters. The van der Waals surface area contributed by atoms with Crippen molar-refractivity contribution >= 4 is 5.97 Å². The van der Waals surface area contributed by atoms with Crippen molar-refractivity contribution < 1.29 is 9.53 Å². The highest BCUT2D eigenvalue weighted by molar-refractivity contribution is 5.81. The first-order valence-corrected chi connectivity index (χ1v) is 4.87. The minimum Gasteiger partial charge on any atom is -0.758 e. The molecule has 0 amide bonds. The molecule has 1 heterocycles. The van der Waals surface area contributed by atoms with Crippen molar-refractivity contribution in [3.8, 4) is 0 Å². The fourth-order valence-corrected chi connectivity index (χ4v) is 1.54. The molecule has 14 heavy (non-hydrogen) atoms. The van der Waals surface area contributed by atoms with E-state index in [4.69, 9.17) is 4.74 Å². The van der Waals surface area contributed by atoms with Crippen LogP contribution in [-0.4, -0.2) is 23.2 Å². The molecule has 0 bridgehead atoms. The van der Waals surface area contributed by atoms with Crippen LogP contribution in [0.2, 0.25) is 0 Å². The smallest absolute Gasteiger partial charge is 0.331 e. The number of hydrogen-bond donors (Lipinski definition) is 0. The molecule has 4 heteroatoms. The third-order valence-corrected chi connectivity index (χ3v) is 2.53. The third kappa shape index (κ3) is 1.75. The molecule has 0 saturated carbocycles. The van der Waals surface area contributed by atoms with E-state index in [1.165, 1.54) is 6.20 Å². The Morgan fingerprint density at radius 1 is 1.71 bits per heavy atom. The predicted octanol–water partition coefficient (Wildman–Crippen LogP) is 1.81. The lowest BCUT2D eigenvalue weighted by atomic mass is 9.96. The maximum atomic E-state index is 11.5. The van der Waals surface area contributed by atoms with Crippen molar-refractivity contribution in [2.75, 3.05) is 6.61 Å².